The molecular formula is C19H36O. The Morgan fingerprint density at radius 1 is 0.550 bits per heavy atom. The van der Waals surface area contributed by atoms with Crippen molar-refractivity contribution < 1.29 is 4.79 Å². The largest absolute Gasteiger partial charge is 0.303 e. The molecule has 0 spiro atoms. The van der Waals surface area contributed by atoms with Crippen LogP contribution in [0.25, 0.3) is 0 Å². The molecule has 0 aliphatic heterocycles. The van der Waals surface area contributed by atoms with Crippen LogP contribution in [0.3, 0.4) is 0 Å². The van der Waals surface area contributed by atoms with Crippen LogP contribution in [0.2, 0.25) is 0 Å². The van der Waals surface area contributed by atoms with Gasteiger partial charge in [0.1, 0.15) is 6.29 Å². The van der Waals surface area contributed by atoms with E-state index in [2.05, 4.69) is 19.1 Å². The van der Waals surface area contributed by atoms with Crippen LogP contribution in [0.1, 0.15) is 103 Å². The van der Waals surface area contributed by atoms with Crippen molar-refractivity contribution in [3.63, 3.8) is 0 Å². The highest BCUT2D eigenvalue weighted by Gasteiger charge is 1.91. The lowest BCUT2D eigenvalue weighted by Crippen LogP contribution is -1.81. The van der Waals surface area contributed by atoms with Crippen LogP contribution in [-0.4, -0.2) is 6.29 Å². The molecule has 0 saturated carbocycles. The molecule has 0 heterocycles. The van der Waals surface area contributed by atoms with E-state index in [9.17, 15) is 4.79 Å². The van der Waals surface area contributed by atoms with Crippen LogP contribution >= 0.6 is 0 Å². The van der Waals surface area contributed by atoms with Crippen LogP contribution in [0.4, 0.5) is 0 Å². The lowest BCUT2D eigenvalue weighted by molar-refractivity contribution is -0.107. The molecule has 0 saturated heterocycles. The first-order valence-electron chi connectivity index (χ1n) is 9.00. The molecule has 118 valence electrons. The molecule has 0 atom stereocenters. The first-order valence-corrected chi connectivity index (χ1v) is 9.00. The molecule has 0 amide bonds. The Bertz CT molecular complexity index is 208. The third-order valence-electron chi connectivity index (χ3n) is 3.83. The molecule has 1 heteroatoms. The highest BCUT2D eigenvalue weighted by atomic mass is 16.1. The average Bonchev–Trinajstić information content (AvgIpc) is 2.47. The van der Waals surface area contributed by atoms with Gasteiger partial charge in [-0.1, -0.05) is 76.9 Å². The van der Waals surface area contributed by atoms with Crippen LogP contribution in [-0.2, 0) is 4.79 Å². The van der Waals surface area contributed by atoms with E-state index < -0.39 is 0 Å². The van der Waals surface area contributed by atoms with Gasteiger partial charge in [-0.2, -0.15) is 0 Å². The van der Waals surface area contributed by atoms with Crippen molar-refractivity contribution in [1.29, 1.82) is 0 Å². The Morgan fingerprint density at radius 2 is 0.950 bits per heavy atom. The number of carbonyl (C=O) groups excluding carboxylic acids is 1. The summed E-state index contributed by atoms with van der Waals surface area (Å²) < 4.78 is 0. The maximum atomic E-state index is 10.1. The Balaban J connectivity index is 3.03. The molecule has 20 heavy (non-hydrogen) atoms. The number of unbranched alkanes of at least 4 members (excludes halogenated alkanes) is 13. The van der Waals surface area contributed by atoms with Crippen molar-refractivity contribution in [2.45, 2.75) is 103 Å². The molecule has 0 aromatic carbocycles. The van der Waals surface area contributed by atoms with E-state index in [0.717, 1.165) is 19.1 Å². The van der Waals surface area contributed by atoms with Gasteiger partial charge in [0.25, 0.3) is 0 Å². The lowest BCUT2D eigenvalue weighted by atomic mass is 10.1. The third-order valence-corrected chi connectivity index (χ3v) is 3.83. The van der Waals surface area contributed by atoms with Gasteiger partial charge in [-0.15, -0.1) is 0 Å². The van der Waals surface area contributed by atoms with Gasteiger partial charge < -0.3 is 4.79 Å². The minimum absolute atomic E-state index is 0.751. The average molecular weight is 280 g/mol. The Morgan fingerprint density at radius 3 is 1.40 bits per heavy atom. The van der Waals surface area contributed by atoms with Crippen LogP contribution in [0, 0.1) is 0 Å². The summed E-state index contributed by atoms with van der Waals surface area (Å²) in [5, 5.41) is 0. The number of aldehydes is 1. The van der Waals surface area contributed by atoms with Gasteiger partial charge in [0.2, 0.25) is 0 Å². The van der Waals surface area contributed by atoms with Gasteiger partial charge in [0, 0.05) is 6.42 Å². The van der Waals surface area contributed by atoms with E-state index in [1.807, 2.05) is 0 Å². The summed E-state index contributed by atoms with van der Waals surface area (Å²) in [5.41, 5.74) is 0. The zero-order chi connectivity index (χ0) is 14.7. The molecule has 0 radical (unpaired) electrons. The Kier molecular flexibility index (Phi) is 17.9. The van der Waals surface area contributed by atoms with Crippen molar-refractivity contribution in [2.75, 3.05) is 0 Å². The van der Waals surface area contributed by atoms with Crippen molar-refractivity contribution in [1.82, 2.24) is 0 Å². The second-order valence-electron chi connectivity index (χ2n) is 5.89. The van der Waals surface area contributed by atoms with Gasteiger partial charge >= 0.3 is 0 Å². The fourth-order valence-electron chi connectivity index (χ4n) is 2.48. The van der Waals surface area contributed by atoms with E-state index in [4.69, 9.17) is 0 Å². The van der Waals surface area contributed by atoms with Gasteiger partial charge in [0.05, 0.1) is 0 Å². The van der Waals surface area contributed by atoms with E-state index in [1.54, 1.807) is 0 Å². The molecule has 0 fully saturated rings. The van der Waals surface area contributed by atoms with Gasteiger partial charge in [-0.3, -0.25) is 0 Å². The van der Waals surface area contributed by atoms with E-state index >= 15 is 0 Å². The minimum atomic E-state index is 0.751. The molecule has 0 unspecified atom stereocenters. The summed E-state index contributed by atoms with van der Waals surface area (Å²) in [6, 6.07) is 0. The number of carbonyl (C=O) groups is 1. The maximum absolute atomic E-state index is 10.1. The van der Waals surface area contributed by atoms with Crippen LogP contribution < -0.4 is 0 Å². The summed E-state index contributed by atoms with van der Waals surface area (Å²) >= 11 is 0. The molecule has 0 aliphatic carbocycles. The number of hydrogen-bond donors (Lipinski definition) is 0. The summed E-state index contributed by atoms with van der Waals surface area (Å²) in [5.74, 6) is 0. The van der Waals surface area contributed by atoms with Crippen molar-refractivity contribution in [2.24, 2.45) is 0 Å². The van der Waals surface area contributed by atoms with E-state index in [1.165, 1.54) is 83.5 Å². The Labute approximate surface area is 127 Å². The highest BCUT2D eigenvalue weighted by molar-refractivity contribution is 5.48. The van der Waals surface area contributed by atoms with Gasteiger partial charge in [0.15, 0.2) is 0 Å². The number of hydrogen-bond acceptors (Lipinski definition) is 1. The summed E-state index contributed by atoms with van der Waals surface area (Å²) in [6.45, 7) is 2.27. The lowest BCUT2D eigenvalue weighted by Gasteiger charge is -1.99. The summed E-state index contributed by atoms with van der Waals surface area (Å²) in [6.07, 6.45) is 25.1. The molecule has 1 nitrogen and oxygen atoms in total. The van der Waals surface area contributed by atoms with Crippen molar-refractivity contribution >= 4 is 6.29 Å². The fraction of sp³-hybridized carbons (Fsp3) is 0.842. The zero-order valence-electron chi connectivity index (χ0n) is 13.7. The monoisotopic (exact) mass is 280 g/mol. The van der Waals surface area contributed by atoms with E-state index in [0.29, 0.717) is 0 Å². The SMILES string of the molecule is CCCCCCCC/C=C\CCCCCCCCC=O. The van der Waals surface area contributed by atoms with E-state index in [-0.39, 0.29) is 0 Å². The van der Waals surface area contributed by atoms with Crippen molar-refractivity contribution in [3.05, 3.63) is 12.2 Å². The second kappa shape index (κ2) is 18.4. The molecule has 0 bridgehead atoms. The standard InChI is InChI=1S/C19H36O/c1-2-3-4-5-6-7-8-9-10-11-12-13-14-15-16-17-18-19-20/h9-10,19H,2-8,11-18H2,1H3/b10-9-. The summed E-state index contributed by atoms with van der Waals surface area (Å²) in [4.78, 5) is 10.1. The molecule has 0 N–H and O–H groups in total. The normalized spacial score (nSPS) is 11.2. The topological polar surface area (TPSA) is 17.1 Å². The Hall–Kier alpha value is -0.590. The van der Waals surface area contributed by atoms with Crippen LogP contribution in [0.15, 0.2) is 12.2 Å². The van der Waals surface area contributed by atoms with Gasteiger partial charge in [-0.05, 0) is 32.1 Å². The number of rotatable bonds is 16. The number of allylic oxidation sites excluding steroid dienone is 2. The quantitative estimate of drug-likeness (QED) is 0.176. The molecular weight excluding hydrogens is 244 g/mol. The highest BCUT2D eigenvalue weighted by Crippen LogP contribution is 2.10. The minimum Gasteiger partial charge on any atom is -0.303 e. The summed E-state index contributed by atoms with van der Waals surface area (Å²) in [7, 11) is 0. The van der Waals surface area contributed by atoms with Crippen molar-refractivity contribution in [3.8, 4) is 0 Å². The molecule has 0 aliphatic rings. The first-order chi connectivity index (χ1) is 9.91. The fourth-order valence-corrected chi connectivity index (χ4v) is 2.48. The third kappa shape index (κ3) is 17.4. The zero-order valence-corrected chi connectivity index (χ0v) is 13.7. The maximum Gasteiger partial charge on any atom is 0.119 e. The molecule has 0 aromatic rings. The second-order valence-corrected chi connectivity index (χ2v) is 5.89. The van der Waals surface area contributed by atoms with Gasteiger partial charge in [-0.25, -0.2) is 0 Å². The molecule has 0 rings (SSSR count). The molecule has 0 aromatic heterocycles. The predicted octanol–water partition coefficient (Wildman–Crippen LogP) is 6.61. The predicted molar refractivity (Wildman–Crippen MR) is 90.1 cm³/mol. The smallest absolute Gasteiger partial charge is 0.119 e. The first kappa shape index (κ1) is 19.4. The van der Waals surface area contributed by atoms with Crippen LogP contribution in [0.5, 0.6) is 0 Å².